The summed E-state index contributed by atoms with van der Waals surface area (Å²) >= 11 is 0. The molecular formula is C31H44O4. The minimum absolute atomic E-state index is 0.248. The minimum atomic E-state index is -0.922. The lowest BCUT2D eigenvalue weighted by Gasteiger charge is -2.62. The lowest BCUT2D eigenvalue weighted by Crippen LogP contribution is -2.55. The average Bonchev–Trinajstić information content (AvgIpc) is 3.00. The summed E-state index contributed by atoms with van der Waals surface area (Å²) in [5, 5.41) is 0. The van der Waals surface area contributed by atoms with E-state index in [0.717, 1.165) is 18.3 Å². The molecule has 4 nitrogen and oxygen atoms in total. The molecule has 4 saturated carbocycles. The second kappa shape index (κ2) is 6.65. The van der Waals surface area contributed by atoms with Crippen molar-refractivity contribution in [2.45, 2.75) is 104 Å². The summed E-state index contributed by atoms with van der Waals surface area (Å²) in [6.07, 6.45) is 18.3. The van der Waals surface area contributed by atoms with Gasteiger partial charge in [-0.2, -0.15) is 0 Å². The Balaban J connectivity index is 1.21. The molecule has 10 atom stereocenters. The summed E-state index contributed by atoms with van der Waals surface area (Å²) in [6.45, 7) is 12.2. The van der Waals surface area contributed by atoms with Crippen LogP contribution < -0.4 is 0 Å². The van der Waals surface area contributed by atoms with Crippen LogP contribution >= 0.6 is 0 Å². The number of methoxy groups -OCH3 is 1. The van der Waals surface area contributed by atoms with Gasteiger partial charge in [0.15, 0.2) is 6.29 Å². The molecule has 5 fully saturated rings. The maximum Gasteiger partial charge on any atom is 0.336 e. The molecule has 5 aliphatic carbocycles. The van der Waals surface area contributed by atoms with Crippen molar-refractivity contribution in [1.82, 2.24) is 0 Å². The fraction of sp³-hybridized carbons (Fsp3) is 0.839. The van der Waals surface area contributed by atoms with Gasteiger partial charge in [0.1, 0.15) is 0 Å². The lowest BCUT2D eigenvalue weighted by molar-refractivity contribution is -0.234. The Morgan fingerprint density at radius 2 is 1.77 bits per heavy atom. The van der Waals surface area contributed by atoms with E-state index >= 15 is 0 Å². The standard InChI is InChI=1S/C31H44O4/c1-19-16-31(34-24(19)32)17-20(25(33-6)35-31)21-10-13-28(5)23-9-8-22-26(2,3)11-7-12-29(22)18-30(23,29)15-14-27(21,28)4/h7,12,16,20-23,25H,8-11,13-15,17-18H2,1-6H3/t20-,21-,22+,23+,25+,27-,28+,29-,30+,31-/m1/s1. The van der Waals surface area contributed by atoms with Crippen molar-refractivity contribution in [3.8, 4) is 0 Å². The van der Waals surface area contributed by atoms with Crippen LogP contribution in [0.2, 0.25) is 0 Å². The Morgan fingerprint density at radius 3 is 2.49 bits per heavy atom. The van der Waals surface area contributed by atoms with Crippen LogP contribution in [0.4, 0.5) is 0 Å². The third-order valence-corrected chi connectivity index (χ3v) is 13.4. The Labute approximate surface area is 211 Å². The van der Waals surface area contributed by atoms with Gasteiger partial charge in [0.2, 0.25) is 5.79 Å². The van der Waals surface area contributed by atoms with Gasteiger partial charge in [-0.3, -0.25) is 0 Å². The predicted molar refractivity (Wildman–Crippen MR) is 134 cm³/mol. The van der Waals surface area contributed by atoms with E-state index in [2.05, 4.69) is 39.8 Å². The van der Waals surface area contributed by atoms with Crippen molar-refractivity contribution < 1.29 is 19.0 Å². The first-order chi connectivity index (χ1) is 16.5. The second-order valence-corrected chi connectivity index (χ2v) is 14.7. The van der Waals surface area contributed by atoms with Crippen LogP contribution in [-0.4, -0.2) is 25.2 Å². The first-order valence-electron chi connectivity index (χ1n) is 14.3. The Hall–Kier alpha value is -1.13. The topological polar surface area (TPSA) is 44.8 Å². The molecule has 0 bridgehead atoms. The summed E-state index contributed by atoms with van der Waals surface area (Å²) in [4.78, 5) is 12.2. The van der Waals surface area contributed by atoms with Crippen LogP contribution in [0.3, 0.4) is 0 Å². The molecule has 2 heterocycles. The number of rotatable bonds is 2. The zero-order valence-corrected chi connectivity index (χ0v) is 22.6. The molecule has 1 saturated heterocycles. The van der Waals surface area contributed by atoms with E-state index in [1.807, 2.05) is 13.0 Å². The normalized spacial score (nSPS) is 57.3. The monoisotopic (exact) mass is 480 g/mol. The first kappa shape index (κ1) is 23.0. The molecule has 0 unspecified atom stereocenters. The summed E-state index contributed by atoms with van der Waals surface area (Å²) in [5.41, 5.74) is 2.71. The number of ether oxygens (including phenoxy) is 3. The van der Waals surface area contributed by atoms with Crippen molar-refractivity contribution in [2.75, 3.05) is 7.11 Å². The van der Waals surface area contributed by atoms with Gasteiger partial charge in [-0.25, -0.2) is 4.79 Å². The smallest absolute Gasteiger partial charge is 0.336 e. The van der Waals surface area contributed by atoms with Crippen LogP contribution in [0.25, 0.3) is 0 Å². The van der Waals surface area contributed by atoms with Crippen LogP contribution in [-0.2, 0) is 19.0 Å². The fourth-order valence-electron chi connectivity index (χ4n) is 11.7. The Morgan fingerprint density at radius 1 is 1.00 bits per heavy atom. The quantitative estimate of drug-likeness (QED) is 0.322. The SMILES string of the molecule is CO[C@H]1O[C@]2(C=C(C)C(=O)O2)C[C@@H]1[C@H]1CC[C@@]2(C)[C@@H]3CC[C@H]4C(C)(C)CC=C[C@@]45C[C@@]35CC[C@]12C. The molecule has 0 N–H and O–H groups in total. The van der Waals surface area contributed by atoms with Crippen molar-refractivity contribution in [3.63, 3.8) is 0 Å². The highest BCUT2D eigenvalue weighted by molar-refractivity contribution is 5.90. The van der Waals surface area contributed by atoms with Crippen molar-refractivity contribution in [2.24, 2.45) is 50.7 Å². The molecule has 7 aliphatic rings. The third kappa shape index (κ3) is 2.55. The highest BCUT2D eigenvalue weighted by atomic mass is 16.8. The number of carbonyl (C=O) groups excluding carboxylic acids is 1. The van der Waals surface area contributed by atoms with E-state index in [9.17, 15) is 4.79 Å². The van der Waals surface area contributed by atoms with Gasteiger partial charge in [0.05, 0.1) is 0 Å². The highest BCUT2D eigenvalue weighted by Crippen LogP contribution is 2.88. The number of carbonyl (C=O) groups is 1. The summed E-state index contributed by atoms with van der Waals surface area (Å²) < 4.78 is 18.1. The molecule has 192 valence electrons. The lowest BCUT2D eigenvalue weighted by atomic mass is 9.42. The van der Waals surface area contributed by atoms with E-state index in [1.165, 1.54) is 51.4 Å². The molecule has 0 radical (unpaired) electrons. The van der Waals surface area contributed by atoms with Crippen molar-refractivity contribution in [1.29, 1.82) is 0 Å². The molecular weight excluding hydrogens is 436 g/mol. The highest BCUT2D eigenvalue weighted by Gasteiger charge is 2.81. The summed E-state index contributed by atoms with van der Waals surface area (Å²) in [7, 11) is 1.75. The molecule has 0 amide bonds. The van der Waals surface area contributed by atoms with Crippen molar-refractivity contribution >= 4 is 5.97 Å². The maximum absolute atomic E-state index is 12.2. The minimum Gasteiger partial charge on any atom is -0.426 e. The molecule has 2 aliphatic heterocycles. The summed E-state index contributed by atoms with van der Waals surface area (Å²) in [6, 6.07) is 0. The van der Waals surface area contributed by atoms with Crippen LogP contribution in [0.1, 0.15) is 92.4 Å². The maximum atomic E-state index is 12.2. The van der Waals surface area contributed by atoms with Crippen molar-refractivity contribution in [3.05, 3.63) is 23.8 Å². The van der Waals surface area contributed by atoms with Crippen LogP contribution in [0.15, 0.2) is 23.8 Å². The van der Waals surface area contributed by atoms with E-state index in [0.29, 0.717) is 33.2 Å². The van der Waals surface area contributed by atoms with Crippen LogP contribution in [0.5, 0.6) is 0 Å². The summed E-state index contributed by atoms with van der Waals surface area (Å²) in [5.74, 6) is 1.30. The molecule has 4 heteroatoms. The van der Waals surface area contributed by atoms with Gasteiger partial charge in [-0.05, 0) is 109 Å². The van der Waals surface area contributed by atoms with Gasteiger partial charge in [-0.15, -0.1) is 0 Å². The molecule has 7 rings (SSSR count). The largest absolute Gasteiger partial charge is 0.426 e. The Kier molecular flexibility index (Phi) is 4.37. The van der Waals surface area contributed by atoms with Gasteiger partial charge >= 0.3 is 5.97 Å². The fourth-order valence-corrected chi connectivity index (χ4v) is 11.7. The number of fused-ring (bicyclic) bond motifs is 2. The first-order valence-corrected chi connectivity index (χ1v) is 14.3. The van der Waals surface area contributed by atoms with E-state index in [4.69, 9.17) is 14.2 Å². The van der Waals surface area contributed by atoms with E-state index in [-0.39, 0.29) is 23.6 Å². The van der Waals surface area contributed by atoms with E-state index < -0.39 is 5.79 Å². The zero-order chi connectivity index (χ0) is 24.6. The number of hydrogen-bond acceptors (Lipinski definition) is 4. The molecule has 0 aromatic rings. The second-order valence-electron chi connectivity index (χ2n) is 14.7. The van der Waals surface area contributed by atoms with Gasteiger partial charge < -0.3 is 14.2 Å². The molecule has 35 heavy (non-hydrogen) atoms. The van der Waals surface area contributed by atoms with E-state index in [1.54, 1.807) is 7.11 Å². The molecule has 3 spiro atoms. The average molecular weight is 481 g/mol. The molecule has 0 aromatic carbocycles. The third-order valence-electron chi connectivity index (χ3n) is 13.4. The van der Waals surface area contributed by atoms with Gasteiger partial charge in [-0.1, -0.05) is 39.8 Å². The van der Waals surface area contributed by atoms with Gasteiger partial charge in [0, 0.05) is 25.0 Å². The number of hydrogen-bond donors (Lipinski definition) is 0. The number of allylic oxidation sites excluding steroid dienone is 2. The number of esters is 1. The Bertz CT molecular complexity index is 1040. The molecule has 0 aromatic heterocycles. The van der Waals surface area contributed by atoms with Crippen LogP contribution in [0, 0.1) is 50.7 Å². The van der Waals surface area contributed by atoms with Gasteiger partial charge in [0.25, 0.3) is 0 Å². The predicted octanol–water partition coefficient (Wildman–Crippen LogP) is 6.80. The zero-order valence-electron chi connectivity index (χ0n) is 22.6.